The van der Waals surface area contributed by atoms with Gasteiger partial charge >= 0.3 is 0 Å². The van der Waals surface area contributed by atoms with Gasteiger partial charge in [-0.3, -0.25) is 4.99 Å². The molecule has 1 aliphatic rings. The molecule has 0 amide bonds. The predicted octanol–water partition coefficient (Wildman–Crippen LogP) is 1.78. The summed E-state index contributed by atoms with van der Waals surface area (Å²) in [6, 6.07) is 0. The summed E-state index contributed by atoms with van der Waals surface area (Å²) in [6.45, 7) is 6.90. The molecule has 0 bridgehead atoms. The van der Waals surface area contributed by atoms with E-state index in [0.29, 0.717) is 24.7 Å². The number of rotatable bonds is 3. The van der Waals surface area contributed by atoms with Gasteiger partial charge in [-0.2, -0.15) is 4.98 Å². The number of aryl methyl sites for hydroxylation is 1. The number of aromatic nitrogens is 2. The lowest BCUT2D eigenvalue weighted by atomic mass is 10.0. The summed E-state index contributed by atoms with van der Waals surface area (Å²) in [7, 11) is 0. The van der Waals surface area contributed by atoms with Crippen molar-refractivity contribution in [1.29, 1.82) is 0 Å². The molecular formula is C11H18N4OS. The van der Waals surface area contributed by atoms with Gasteiger partial charge in [0.2, 0.25) is 5.89 Å². The first-order chi connectivity index (χ1) is 8.05. The first kappa shape index (κ1) is 12.4. The average Bonchev–Trinajstić information content (AvgIpc) is 2.63. The number of hydrogen-bond donors (Lipinski definition) is 1. The van der Waals surface area contributed by atoms with Gasteiger partial charge in [-0.25, -0.2) is 0 Å². The van der Waals surface area contributed by atoms with Crippen molar-refractivity contribution in [3.63, 3.8) is 0 Å². The van der Waals surface area contributed by atoms with Crippen molar-refractivity contribution >= 4 is 16.9 Å². The Kier molecular flexibility index (Phi) is 3.71. The summed E-state index contributed by atoms with van der Waals surface area (Å²) in [5, 5.41) is 8.21. The van der Waals surface area contributed by atoms with Crippen molar-refractivity contribution in [2.24, 2.45) is 4.99 Å². The molecule has 1 fully saturated rings. The maximum atomic E-state index is 5.04. The van der Waals surface area contributed by atoms with Gasteiger partial charge in [-0.15, -0.1) is 0 Å². The Morgan fingerprint density at radius 1 is 1.53 bits per heavy atom. The lowest BCUT2D eigenvalue weighted by Crippen LogP contribution is -2.46. The van der Waals surface area contributed by atoms with E-state index in [0.717, 1.165) is 10.9 Å². The molecule has 94 valence electrons. The van der Waals surface area contributed by atoms with Crippen molar-refractivity contribution in [3.8, 4) is 0 Å². The maximum Gasteiger partial charge on any atom is 0.228 e. The Labute approximate surface area is 105 Å². The molecule has 2 heterocycles. The van der Waals surface area contributed by atoms with E-state index in [2.05, 4.69) is 34.3 Å². The molecule has 17 heavy (non-hydrogen) atoms. The van der Waals surface area contributed by atoms with E-state index in [1.54, 1.807) is 11.8 Å². The summed E-state index contributed by atoms with van der Waals surface area (Å²) in [5.41, 5.74) is 0.158. The minimum Gasteiger partial charge on any atom is -0.360 e. The van der Waals surface area contributed by atoms with Crippen LogP contribution in [0, 0.1) is 6.92 Å². The second kappa shape index (κ2) is 5.08. The molecular weight excluding hydrogens is 236 g/mol. The van der Waals surface area contributed by atoms with Crippen LogP contribution in [0.25, 0.3) is 0 Å². The fourth-order valence-electron chi connectivity index (χ4n) is 1.57. The highest BCUT2D eigenvalue weighted by Gasteiger charge is 2.23. The number of nitrogens with zero attached hydrogens (tertiary/aromatic N) is 3. The SMILES string of the molecule is Cc1noc(CCN=C2NC(C)(C)CCS2)n1. The smallest absolute Gasteiger partial charge is 0.228 e. The molecule has 0 aliphatic carbocycles. The zero-order valence-corrected chi connectivity index (χ0v) is 11.3. The van der Waals surface area contributed by atoms with Crippen molar-refractivity contribution < 1.29 is 4.52 Å². The molecule has 1 N–H and O–H groups in total. The third kappa shape index (κ3) is 3.73. The number of thioether (sulfide) groups is 1. The second-order valence-corrected chi connectivity index (χ2v) is 5.86. The Hall–Kier alpha value is -1.04. The van der Waals surface area contributed by atoms with Crippen molar-refractivity contribution in [2.45, 2.75) is 39.2 Å². The molecule has 1 aromatic heterocycles. The van der Waals surface area contributed by atoms with Gasteiger partial charge in [-0.05, 0) is 27.2 Å². The number of amidine groups is 1. The highest BCUT2D eigenvalue weighted by molar-refractivity contribution is 8.13. The van der Waals surface area contributed by atoms with Crippen LogP contribution in [0.1, 0.15) is 32.0 Å². The van der Waals surface area contributed by atoms with Gasteiger partial charge in [0.05, 0.1) is 6.54 Å². The van der Waals surface area contributed by atoms with E-state index in [-0.39, 0.29) is 5.54 Å². The van der Waals surface area contributed by atoms with E-state index < -0.39 is 0 Å². The molecule has 0 aromatic carbocycles. The monoisotopic (exact) mass is 254 g/mol. The summed E-state index contributed by atoms with van der Waals surface area (Å²) >= 11 is 1.78. The molecule has 2 rings (SSSR count). The molecule has 0 saturated carbocycles. The van der Waals surface area contributed by atoms with Crippen molar-refractivity contribution in [2.75, 3.05) is 12.3 Å². The Balaban J connectivity index is 1.84. The molecule has 5 nitrogen and oxygen atoms in total. The van der Waals surface area contributed by atoms with Crippen LogP contribution in [0.4, 0.5) is 0 Å². The minimum atomic E-state index is 0.158. The number of aliphatic imine (C=N–C) groups is 1. The Bertz CT molecular complexity index is 413. The summed E-state index contributed by atoms with van der Waals surface area (Å²) in [6.07, 6.45) is 1.87. The van der Waals surface area contributed by atoms with Gasteiger partial charge in [0.15, 0.2) is 11.0 Å². The standard InChI is InChI=1S/C11H18N4OS/c1-8-13-9(16-15-8)4-6-12-10-14-11(2,3)5-7-17-10/h4-7H2,1-3H3,(H,12,14). The van der Waals surface area contributed by atoms with Gasteiger partial charge < -0.3 is 9.84 Å². The molecule has 1 saturated heterocycles. The van der Waals surface area contributed by atoms with E-state index >= 15 is 0 Å². The largest absolute Gasteiger partial charge is 0.360 e. The molecule has 1 aromatic rings. The normalized spacial score (nSPS) is 21.5. The number of nitrogens with one attached hydrogen (secondary N) is 1. The first-order valence-electron chi connectivity index (χ1n) is 5.80. The maximum absolute atomic E-state index is 5.04. The molecule has 0 radical (unpaired) electrons. The highest BCUT2D eigenvalue weighted by Crippen LogP contribution is 2.21. The van der Waals surface area contributed by atoms with E-state index in [1.165, 1.54) is 6.42 Å². The van der Waals surface area contributed by atoms with E-state index in [4.69, 9.17) is 4.52 Å². The number of hydrogen-bond acceptors (Lipinski definition) is 5. The van der Waals surface area contributed by atoms with Gasteiger partial charge in [0, 0.05) is 17.7 Å². The van der Waals surface area contributed by atoms with E-state index in [9.17, 15) is 0 Å². The molecule has 1 aliphatic heterocycles. The van der Waals surface area contributed by atoms with Crippen LogP contribution >= 0.6 is 11.8 Å². The van der Waals surface area contributed by atoms with Gasteiger partial charge in [0.1, 0.15) is 0 Å². The zero-order chi connectivity index (χ0) is 12.3. The van der Waals surface area contributed by atoms with Crippen LogP contribution in [-0.2, 0) is 6.42 Å². The van der Waals surface area contributed by atoms with Crippen LogP contribution in [0.3, 0.4) is 0 Å². The second-order valence-electron chi connectivity index (χ2n) is 4.78. The topological polar surface area (TPSA) is 63.3 Å². The highest BCUT2D eigenvalue weighted by atomic mass is 32.2. The predicted molar refractivity (Wildman–Crippen MR) is 69.3 cm³/mol. The Morgan fingerprint density at radius 3 is 3.00 bits per heavy atom. The van der Waals surface area contributed by atoms with Crippen LogP contribution in [0.2, 0.25) is 0 Å². The molecule has 0 unspecified atom stereocenters. The molecule has 6 heteroatoms. The van der Waals surface area contributed by atoms with Crippen molar-refractivity contribution in [3.05, 3.63) is 11.7 Å². The fourth-order valence-corrected chi connectivity index (χ4v) is 2.91. The van der Waals surface area contributed by atoms with Crippen molar-refractivity contribution in [1.82, 2.24) is 15.5 Å². The first-order valence-corrected chi connectivity index (χ1v) is 6.78. The quantitative estimate of drug-likeness (QED) is 0.891. The molecule has 0 spiro atoms. The fraction of sp³-hybridized carbons (Fsp3) is 0.727. The lowest BCUT2D eigenvalue weighted by Gasteiger charge is -2.32. The van der Waals surface area contributed by atoms with Crippen LogP contribution in [0.5, 0.6) is 0 Å². The Morgan fingerprint density at radius 2 is 2.35 bits per heavy atom. The minimum absolute atomic E-state index is 0.158. The summed E-state index contributed by atoms with van der Waals surface area (Å²) in [4.78, 5) is 8.67. The summed E-state index contributed by atoms with van der Waals surface area (Å²) < 4.78 is 5.04. The van der Waals surface area contributed by atoms with Crippen LogP contribution < -0.4 is 5.32 Å². The van der Waals surface area contributed by atoms with Gasteiger partial charge in [0.25, 0.3) is 0 Å². The lowest BCUT2D eigenvalue weighted by molar-refractivity contribution is 0.376. The van der Waals surface area contributed by atoms with Gasteiger partial charge in [-0.1, -0.05) is 16.9 Å². The molecule has 0 atom stereocenters. The summed E-state index contributed by atoms with van der Waals surface area (Å²) in [5.74, 6) is 2.46. The average molecular weight is 254 g/mol. The van der Waals surface area contributed by atoms with E-state index in [1.807, 2.05) is 6.92 Å². The third-order valence-corrected chi connectivity index (χ3v) is 3.47. The van der Waals surface area contributed by atoms with Crippen LogP contribution in [0.15, 0.2) is 9.52 Å². The van der Waals surface area contributed by atoms with Crippen LogP contribution in [-0.4, -0.2) is 33.1 Å². The zero-order valence-electron chi connectivity index (χ0n) is 10.5. The third-order valence-electron chi connectivity index (χ3n) is 2.56.